The standard InChI is InChI=1S/C48H30N2S.C36H24N2.C30H20N2/c1-2-12-31(13-3-1)35-17-10-19-40-41-20-11-18-36(48(41)51-47(35)40)32-24-26-33(27-25-32)49-45-23-9-6-16-39(45)42-30-34(28-29-46(42)49)50-43-21-7-4-14-37(43)38-15-5-8-22-44(38)50;1-2-10-25(11-3-1)26-18-20-27(21-19-26)37-35-17-9-6-14-31(35)32-24-28(22-23-36(32)37)38-33-15-7-4-12-29(33)30-13-5-8-16-34(30)38;1-2-10-21(11-3-1)31-29-17-9-6-14-25(29)26-20-22(18-19-30(26)31)32-27-15-7-4-12-23(27)24-13-5-8-16-28(24)32/h1-30H;1-24H;1-20H. The Morgan fingerprint density at radius 2 is 0.322 bits per heavy atom. The predicted molar refractivity (Wildman–Crippen MR) is 515 cm³/mol. The molecule has 26 rings (SSSR count). The smallest absolute Gasteiger partial charge is 0.0542 e. The molecule has 121 heavy (non-hydrogen) atoms. The van der Waals surface area contributed by atoms with Crippen molar-refractivity contribution in [3.63, 3.8) is 0 Å². The fourth-order valence-corrected chi connectivity index (χ4v) is 20.8. The fraction of sp³-hybridized carbons (Fsp3) is 0. The first-order chi connectivity index (χ1) is 60.1. The molecular formula is C114H74N6S. The van der Waals surface area contributed by atoms with E-state index < -0.39 is 0 Å². The highest BCUT2D eigenvalue weighted by Gasteiger charge is 2.23. The van der Waals surface area contributed by atoms with E-state index in [2.05, 4.69) is 476 Å². The molecule has 0 aliphatic rings. The zero-order valence-corrected chi connectivity index (χ0v) is 66.6. The molecular weight excluding hydrogens is 1490 g/mol. The lowest BCUT2D eigenvalue weighted by molar-refractivity contribution is 1.17. The van der Waals surface area contributed by atoms with Gasteiger partial charge >= 0.3 is 0 Å². The Balaban J connectivity index is 0.000000106. The van der Waals surface area contributed by atoms with Crippen LogP contribution < -0.4 is 0 Å². The number of thiophene rings is 1. The second-order valence-electron chi connectivity index (χ2n) is 31.4. The molecule has 7 heteroatoms. The van der Waals surface area contributed by atoms with E-state index in [1.54, 1.807) is 0 Å². The zero-order valence-electron chi connectivity index (χ0n) is 65.8. The summed E-state index contributed by atoms with van der Waals surface area (Å²) >= 11 is 1.90. The molecule has 6 nitrogen and oxygen atoms in total. The molecule has 0 spiro atoms. The molecule has 0 fully saturated rings. The molecule has 7 aromatic heterocycles. The van der Waals surface area contributed by atoms with Gasteiger partial charge in [0.2, 0.25) is 0 Å². The first kappa shape index (κ1) is 69.5. The van der Waals surface area contributed by atoms with Crippen molar-refractivity contribution in [3.8, 4) is 67.5 Å². The van der Waals surface area contributed by atoms with Gasteiger partial charge in [0.1, 0.15) is 0 Å². The molecule has 0 saturated carbocycles. The topological polar surface area (TPSA) is 29.6 Å². The molecule has 7 heterocycles. The molecule has 0 amide bonds. The minimum absolute atomic E-state index is 1.16. The van der Waals surface area contributed by atoms with E-state index in [0.29, 0.717) is 0 Å². The molecule has 0 N–H and O–H groups in total. The van der Waals surface area contributed by atoms with Crippen molar-refractivity contribution in [2.75, 3.05) is 0 Å². The van der Waals surface area contributed by atoms with E-state index in [0.717, 1.165) is 5.69 Å². The van der Waals surface area contributed by atoms with E-state index in [1.807, 2.05) is 11.3 Å². The summed E-state index contributed by atoms with van der Waals surface area (Å²) in [5, 5.41) is 17.9. The summed E-state index contributed by atoms with van der Waals surface area (Å²) in [5.74, 6) is 0. The first-order valence-corrected chi connectivity index (χ1v) is 42.3. The van der Waals surface area contributed by atoms with Crippen molar-refractivity contribution in [3.05, 3.63) is 449 Å². The van der Waals surface area contributed by atoms with Gasteiger partial charge in [-0.3, -0.25) is 0 Å². The van der Waals surface area contributed by atoms with E-state index in [1.165, 1.54) is 213 Å². The van der Waals surface area contributed by atoms with Crippen LogP contribution in [-0.2, 0) is 0 Å². The molecule has 0 bridgehead atoms. The van der Waals surface area contributed by atoms with Crippen LogP contribution in [0.1, 0.15) is 0 Å². The second kappa shape index (κ2) is 28.5. The Labute approximate surface area is 701 Å². The monoisotopic (exact) mass is 1560 g/mol. The maximum Gasteiger partial charge on any atom is 0.0542 e. The molecule has 0 unspecified atom stereocenters. The van der Waals surface area contributed by atoms with Crippen molar-refractivity contribution in [1.82, 2.24) is 27.4 Å². The molecule has 19 aromatic carbocycles. The van der Waals surface area contributed by atoms with Crippen molar-refractivity contribution < 1.29 is 0 Å². The number of rotatable bonds is 9. The summed E-state index contributed by atoms with van der Waals surface area (Å²) in [7, 11) is 0. The number of para-hydroxylation sites is 10. The molecule has 0 atom stereocenters. The lowest BCUT2D eigenvalue weighted by Gasteiger charge is -2.11. The highest BCUT2D eigenvalue weighted by Crippen LogP contribution is 2.47. The maximum absolute atomic E-state index is 2.41. The van der Waals surface area contributed by atoms with Crippen molar-refractivity contribution in [2.45, 2.75) is 0 Å². The Morgan fingerprint density at radius 3 is 0.628 bits per heavy atom. The quantitative estimate of drug-likeness (QED) is 0.138. The third-order valence-corrected chi connectivity index (χ3v) is 26.1. The number of hydrogen-bond donors (Lipinski definition) is 0. The third kappa shape index (κ3) is 11.3. The Bertz CT molecular complexity index is 8410. The van der Waals surface area contributed by atoms with Crippen LogP contribution in [0.2, 0.25) is 0 Å². The number of hydrogen-bond acceptors (Lipinski definition) is 1. The summed E-state index contributed by atoms with van der Waals surface area (Å²) in [4.78, 5) is 0. The molecule has 0 aliphatic carbocycles. The van der Waals surface area contributed by atoms with Gasteiger partial charge in [-0.2, -0.15) is 0 Å². The number of aromatic nitrogens is 6. The van der Waals surface area contributed by atoms with Gasteiger partial charge in [0.15, 0.2) is 0 Å². The van der Waals surface area contributed by atoms with E-state index in [4.69, 9.17) is 0 Å². The normalized spacial score (nSPS) is 11.8. The second-order valence-corrected chi connectivity index (χ2v) is 32.4. The van der Waals surface area contributed by atoms with Crippen LogP contribution in [0.3, 0.4) is 0 Å². The van der Waals surface area contributed by atoms with Crippen LogP contribution in [0, 0.1) is 0 Å². The lowest BCUT2D eigenvalue weighted by Crippen LogP contribution is -1.95. The van der Waals surface area contributed by atoms with Crippen LogP contribution in [0.5, 0.6) is 0 Å². The van der Waals surface area contributed by atoms with Crippen LogP contribution >= 0.6 is 11.3 Å². The van der Waals surface area contributed by atoms with Gasteiger partial charge in [0, 0.05) is 119 Å². The van der Waals surface area contributed by atoms with E-state index >= 15 is 0 Å². The van der Waals surface area contributed by atoms with Gasteiger partial charge < -0.3 is 27.4 Å². The van der Waals surface area contributed by atoms with E-state index in [-0.39, 0.29) is 0 Å². The lowest BCUT2D eigenvalue weighted by atomic mass is 10.00. The van der Waals surface area contributed by atoms with Crippen molar-refractivity contribution in [1.29, 1.82) is 0 Å². The molecule has 566 valence electrons. The Hall–Kier alpha value is -15.8. The van der Waals surface area contributed by atoms with Gasteiger partial charge in [-0.15, -0.1) is 11.3 Å². The van der Waals surface area contributed by atoms with E-state index in [9.17, 15) is 0 Å². The molecule has 0 radical (unpaired) electrons. The first-order valence-electron chi connectivity index (χ1n) is 41.5. The van der Waals surface area contributed by atoms with Gasteiger partial charge in [0.25, 0.3) is 0 Å². The van der Waals surface area contributed by atoms with Gasteiger partial charge in [0.05, 0.1) is 66.2 Å². The largest absolute Gasteiger partial charge is 0.309 e. The van der Waals surface area contributed by atoms with Crippen LogP contribution in [0.4, 0.5) is 0 Å². The highest BCUT2D eigenvalue weighted by molar-refractivity contribution is 7.26. The van der Waals surface area contributed by atoms with Crippen molar-refractivity contribution >= 4 is 162 Å². The zero-order chi connectivity index (χ0) is 79.6. The van der Waals surface area contributed by atoms with Gasteiger partial charge in [-0.25, -0.2) is 0 Å². The summed E-state index contributed by atoms with van der Waals surface area (Å²) in [5.41, 5.74) is 29.2. The molecule has 26 aromatic rings. The summed E-state index contributed by atoms with van der Waals surface area (Å²) in [6.45, 7) is 0. The van der Waals surface area contributed by atoms with Gasteiger partial charge in [-0.05, 0) is 179 Å². The predicted octanol–water partition coefficient (Wildman–Crippen LogP) is 31.0. The number of benzene rings is 19. The SMILES string of the molecule is c1ccc(-c2ccc(-n3c4ccccc4c4cc(-n5c6ccccc6c6ccccc65)ccc43)cc2)cc1.c1ccc(-c2cccc3c2sc2c(-c4ccc(-n5c6ccccc6c6cc(-n7c8ccccc8c8ccccc87)ccc65)cc4)cccc23)cc1.c1ccc(-n2c3ccccc3c3cc(-n4c5ccccc5c5ccccc54)ccc32)cc1. The summed E-state index contributed by atoms with van der Waals surface area (Å²) in [6, 6.07) is 162. The fourth-order valence-electron chi connectivity index (χ4n) is 19.4. The minimum atomic E-state index is 1.16. The average Bonchev–Trinajstić information content (AvgIpc) is 1.58. The average molecular weight is 1560 g/mol. The Kier molecular flexibility index (Phi) is 16.4. The number of nitrogens with zero attached hydrogens (tertiary/aromatic N) is 6. The minimum Gasteiger partial charge on any atom is -0.309 e. The van der Waals surface area contributed by atoms with Crippen LogP contribution in [0.25, 0.3) is 219 Å². The third-order valence-electron chi connectivity index (χ3n) is 24.8. The highest BCUT2D eigenvalue weighted by atomic mass is 32.1. The number of fused-ring (bicyclic) bond motifs is 21. The van der Waals surface area contributed by atoms with Crippen molar-refractivity contribution in [2.24, 2.45) is 0 Å². The summed E-state index contributed by atoms with van der Waals surface area (Å²) < 4.78 is 17.0. The maximum atomic E-state index is 2.41. The van der Waals surface area contributed by atoms with Crippen LogP contribution in [0.15, 0.2) is 449 Å². The van der Waals surface area contributed by atoms with Crippen LogP contribution in [-0.4, -0.2) is 27.4 Å². The Morgan fingerprint density at radius 1 is 0.124 bits per heavy atom. The van der Waals surface area contributed by atoms with Gasteiger partial charge in [-0.1, -0.05) is 303 Å². The molecule has 0 aliphatic heterocycles. The summed E-state index contributed by atoms with van der Waals surface area (Å²) in [6.07, 6.45) is 0. The molecule has 0 saturated heterocycles.